The first-order valence-corrected chi connectivity index (χ1v) is 9.72. The van der Waals surface area contributed by atoms with Crippen molar-refractivity contribution >= 4 is 0 Å². The zero-order valence-electron chi connectivity index (χ0n) is 15.7. The fourth-order valence-corrected chi connectivity index (χ4v) is 4.21. The predicted octanol–water partition coefficient (Wildman–Crippen LogP) is 4.24. The summed E-state index contributed by atoms with van der Waals surface area (Å²) < 4.78 is 14.2. The quantitative estimate of drug-likeness (QED) is 0.883. The van der Waals surface area contributed by atoms with Crippen LogP contribution in [0.5, 0.6) is 0 Å². The van der Waals surface area contributed by atoms with Crippen LogP contribution in [-0.4, -0.2) is 35.7 Å². The summed E-state index contributed by atoms with van der Waals surface area (Å²) in [5.74, 6) is 0.0147. The van der Waals surface area contributed by atoms with Crippen molar-refractivity contribution in [3.05, 3.63) is 58.9 Å². The lowest BCUT2D eigenvalue weighted by molar-refractivity contribution is -0.0151. The molecule has 0 spiro atoms. The number of nitrogens with zero attached hydrogens (tertiary/aromatic N) is 2. The summed E-state index contributed by atoms with van der Waals surface area (Å²) in [4.78, 5) is 2.26. The molecule has 27 heavy (non-hydrogen) atoms. The first-order valence-electron chi connectivity index (χ1n) is 9.72. The van der Waals surface area contributed by atoms with Crippen molar-refractivity contribution in [3.8, 4) is 17.2 Å². The van der Waals surface area contributed by atoms with Crippen LogP contribution in [0.15, 0.2) is 36.4 Å². The van der Waals surface area contributed by atoms with Gasteiger partial charge in [0.25, 0.3) is 0 Å². The highest BCUT2D eigenvalue weighted by Crippen LogP contribution is 2.47. The molecule has 0 atom stereocenters. The number of hydrogen-bond donors (Lipinski definition) is 1. The van der Waals surface area contributed by atoms with Crippen LogP contribution in [0.1, 0.15) is 48.3 Å². The molecule has 2 aliphatic rings. The van der Waals surface area contributed by atoms with Gasteiger partial charge in [-0.05, 0) is 73.0 Å². The molecule has 0 unspecified atom stereocenters. The highest BCUT2D eigenvalue weighted by atomic mass is 19.1. The number of benzene rings is 2. The highest BCUT2D eigenvalue weighted by molar-refractivity contribution is 5.71. The number of piperidine rings is 1. The fraction of sp³-hybridized carbons (Fsp3) is 0.435. The molecule has 140 valence electrons. The zero-order chi connectivity index (χ0) is 19.0. The van der Waals surface area contributed by atoms with E-state index in [-0.39, 0.29) is 5.56 Å². The summed E-state index contributed by atoms with van der Waals surface area (Å²) >= 11 is 0. The molecule has 4 heteroatoms. The number of aliphatic hydroxyl groups is 1. The van der Waals surface area contributed by atoms with Crippen LogP contribution in [0.2, 0.25) is 0 Å². The Morgan fingerprint density at radius 1 is 1.22 bits per heavy atom. The van der Waals surface area contributed by atoms with Crippen molar-refractivity contribution in [2.24, 2.45) is 0 Å². The molecule has 1 aliphatic carbocycles. The Morgan fingerprint density at radius 3 is 2.59 bits per heavy atom. The molecule has 1 saturated heterocycles. The molecule has 0 radical (unpaired) electrons. The van der Waals surface area contributed by atoms with Gasteiger partial charge in [0.15, 0.2) is 0 Å². The largest absolute Gasteiger partial charge is 0.389 e. The van der Waals surface area contributed by atoms with Gasteiger partial charge in [-0.25, -0.2) is 4.39 Å². The van der Waals surface area contributed by atoms with Gasteiger partial charge in [0, 0.05) is 19.5 Å². The lowest BCUT2D eigenvalue weighted by Crippen LogP contribution is -2.44. The maximum Gasteiger partial charge on any atom is 0.141 e. The number of hydrogen-bond acceptors (Lipinski definition) is 3. The minimum absolute atomic E-state index is 0.0727. The maximum atomic E-state index is 14.2. The fourth-order valence-electron chi connectivity index (χ4n) is 4.21. The Labute approximate surface area is 160 Å². The molecule has 2 fully saturated rings. The smallest absolute Gasteiger partial charge is 0.141 e. The maximum absolute atomic E-state index is 14.2. The summed E-state index contributed by atoms with van der Waals surface area (Å²) in [6.07, 6.45) is 4.50. The minimum atomic E-state index is -0.662. The van der Waals surface area contributed by atoms with Gasteiger partial charge in [-0.3, -0.25) is 0 Å². The van der Waals surface area contributed by atoms with Gasteiger partial charge in [0.1, 0.15) is 11.9 Å². The Bertz CT molecular complexity index is 890. The Morgan fingerprint density at radius 2 is 1.96 bits per heavy atom. The topological polar surface area (TPSA) is 47.3 Å². The molecule has 2 aromatic carbocycles. The van der Waals surface area contributed by atoms with E-state index in [1.165, 1.54) is 17.2 Å². The number of nitriles is 1. The van der Waals surface area contributed by atoms with Gasteiger partial charge in [0.2, 0.25) is 0 Å². The third-order valence-corrected chi connectivity index (χ3v) is 6.02. The number of likely N-dealkylation sites (tertiary alicyclic amines) is 1. The Balaban J connectivity index is 1.71. The molecule has 0 amide bonds. The second kappa shape index (κ2) is 7.07. The van der Waals surface area contributed by atoms with Crippen molar-refractivity contribution in [2.75, 3.05) is 20.1 Å². The van der Waals surface area contributed by atoms with Gasteiger partial charge in [-0.1, -0.05) is 24.3 Å². The first kappa shape index (κ1) is 18.2. The van der Waals surface area contributed by atoms with Crippen LogP contribution < -0.4 is 0 Å². The van der Waals surface area contributed by atoms with Crippen molar-refractivity contribution in [3.63, 3.8) is 0 Å². The second-order valence-electron chi connectivity index (χ2n) is 8.16. The van der Waals surface area contributed by atoms with Crippen LogP contribution in [0.4, 0.5) is 4.39 Å². The van der Waals surface area contributed by atoms with E-state index in [2.05, 4.69) is 18.0 Å². The SMILES string of the molecule is CN1CCC(O)(Cc2cccc(-c3ccc(C#N)c(F)c3)c2C2CC2)CC1. The molecule has 0 aromatic heterocycles. The third kappa shape index (κ3) is 3.76. The Kier molecular flexibility index (Phi) is 4.75. The summed E-state index contributed by atoms with van der Waals surface area (Å²) in [5, 5.41) is 20.1. The average molecular weight is 364 g/mol. The predicted molar refractivity (Wildman–Crippen MR) is 104 cm³/mol. The van der Waals surface area contributed by atoms with Gasteiger partial charge in [0.05, 0.1) is 11.2 Å². The molecule has 0 bridgehead atoms. The third-order valence-electron chi connectivity index (χ3n) is 6.02. The molecule has 1 N–H and O–H groups in total. The molecular weight excluding hydrogens is 339 g/mol. The van der Waals surface area contributed by atoms with Crippen LogP contribution in [0, 0.1) is 17.1 Å². The summed E-state index contributed by atoms with van der Waals surface area (Å²) in [5.41, 5.74) is 3.70. The zero-order valence-corrected chi connectivity index (χ0v) is 15.7. The molecule has 3 nitrogen and oxygen atoms in total. The minimum Gasteiger partial charge on any atom is -0.389 e. The van der Waals surface area contributed by atoms with Gasteiger partial charge in [-0.15, -0.1) is 0 Å². The molecular formula is C23H25FN2O. The van der Waals surface area contributed by atoms with Gasteiger partial charge >= 0.3 is 0 Å². The van der Waals surface area contributed by atoms with E-state index in [0.717, 1.165) is 49.9 Å². The first-order chi connectivity index (χ1) is 13.0. The average Bonchev–Trinajstić information content (AvgIpc) is 3.49. The molecule has 1 heterocycles. The van der Waals surface area contributed by atoms with Crippen LogP contribution in [0.25, 0.3) is 11.1 Å². The van der Waals surface area contributed by atoms with E-state index in [0.29, 0.717) is 12.3 Å². The molecule has 4 rings (SSSR count). The number of rotatable bonds is 4. The van der Waals surface area contributed by atoms with E-state index in [1.54, 1.807) is 6.07 Å². The van der Waals surface area contributed by atoms with Crippen molar-refractivity contribution in [2.45, 2.75) is 43.6 Å². The van der Waals surface area contributed by atoms with E-state index < -0.39 is 11.4 Å². The number of halogens is 1. The van der Waals surface area contributed by atoms with Crippen LogP contribution in [0.3, 0.4) is 0 Å². The van der Waals surface area contributed by atoms with Crippen LogP contribution >= 0.6 is 0 Å². The second-order valence-corrected chi connectivity index (χ2v) is 8.16. The van der Waals surface area contributed by atoms with E-state index in [1.807, 2.05) is 24.3 Å². The van der Waals surface area contributed by atoms with E-state index in [4.69, 9.17) is 5.26 Å². The Hall–Kier alpha value is -2.22. The summed E-state index contributed by atoms with van der Waals surface area (Å²) in [6.45, 7) is 1.82. The highest BCUT2D eigenvalue weighted by Gasteiger charge is 2.35. The standard InChI is InChI=1S/C23H25FN2O/c1-26-11-9-23(27,10-12-26)14-18-3-2-4-20(22(18)16-5-6-16)17-7-8-19(15-25)21(24)13-17/h2-4,7-8,13,16,27H,5-6,9-12,14H2,1H3. The molecule has 1 saturated carbocycles. The van der Waals surface area contributed by atoms with Crippen LogP contribution in [-0.2, 0) is 6.42 Å². The van der Waals surface area contributed by atoms with Gasteiger partial charge in [-0.2, -0.15) is 5.26 Å². The van der Waals surface area contributed by atoms with Crippen molar-refractivity contribution in [1.29, 1.82) is 5.26 Å². The van der Waals surface area contributed by atoms with Gasteiger partial charge < -0.3 is 10.0 Å². The van der Waals surface area contributed by atoms with Crippen molar-refractivity contribution < 1.29 is 9.50 Å². The normalized spacial score (nSPS) is 19.6. The summed E-state index contributed by atoms with van der Waals surface area (Å²) in [7, 11) is 2.09. The molecule has 1 aliphatic heterocycles. The van der Waals surface area contributed by atoms with E-state index >= 15 is 0 Å². The van der Waals surface area contributed by atoms with Crippen molar-refractivity contribution in [1.82, 2.24) is 4.90 Å². The summed E-state index contributed by atoms with van der Waals surface area (Å²) in [6, 6.07) is 12.9. The molecule has 2 aromatic rings. The lowest BCUT2D eigenvalue weighted by Gasteiger charge is -2.37. The monoisotopic (exact) mass is 364 g/mol. The van der Waals surface area contributed by atoms with E-state index in [9.17, 15) is 9.50 Å². The lowest BCUT2D eigenvalue weighted by atomic mass is 9.81.